The molecule has 0 saturated carbocycles. The van der Waals surface area contributed by atoms with E-state index in [0.717, 1.165) is 0 Å². The Morgan fingerprint density at radius 3 is 2.92 bits per heavy atom. The molecule has 0 atom stereocenters. The Hall–Kier alpha value is -1.76. The monoisotopic (exact) mass is 162 g/mol. The summed E-state index contributed by atoms with van der Waals surface area (Å²) in [6.45, 7) is 0.666. The third kappa shape index (κ3) is 2.13. The fourth-order valence-corrected chi connectivity index (χ4v) is 0.738. The summed E-state index contributed by atoms with van der Waals surface area (Å²) in [5, 5.41) is 2.97. The van der Waals surface area contributed by atoms with Gasteiger partial charge < -0.3 is 11.1 Å². The summed E-state index contributed by atoms with van der Waals surface area (Å²) >= 11 is 0. The molecule has 0 spiro atoms. The minimum atomic E-state index is 0.398. The van der Waals surface area contributed by atoms with Crippen molar-refractivity contribution in [3.63, 3.8) is 0 Å². The largest absolute Gasteiger partial charge is 0.381 e. The fraction of sp³-hybridized carbons (Fsp3) is 0.250. The van der Waals surface area contributed by atoms with Gasteiger partial charge >= 0.3 is 0 Å². The van der Waals surface area contributed by atoms with Crippen molar-refractivity contribution in [2.24, 2.45) is 0 Å². The molecule has 62 valence electrons. The Bertz CT molecular complexity index is 289. The summed E-state index contributed by atoms with van der Waals surface area (Å²) in [4.78, 5) is 7.84. The molecule has 0 aromatic carbocycles. The zero-order valence-electron chi connectivity index (χ0n) is 6.62. The highest BCUT2D eigenvalue weighted by Crippen LogP contribution is 2.08. The number of nitrogen functional groups attached to an aromatic ring is 1. The molecule has 0 fully saturated rings. The standard InChI is InChI=1S/C8H10N4/c1-2-3-4-11-8-7(9)10-5-6-12-8/h1,5-6H,3-4H2,(H2,9,10)(H,11,12). The maximum atomic E-state index is 5.52. The quantitative estimate of drug-likeness (QED) is 0.501. The van der Waals surface area contributed by atoms with Gasteiger partial charge in [-0.1, -0.05) is 0 Å². The Morgan fingerprint density at radius 1 is 1.50 bits per heavy atom. The van der Waals surface area contributed by atoms with Crippen LogP contribution in [0, 0.1) is 12.3 Å². The molecule has 0 aliphatic heterocycles. The SMILES string of the molecule is C#CCCNc1nccnc1N. The van der Waals surface area contributed by atoms with E-state index < -0.39 is 0 Å². The van der Waals surface area contributed by atoms with E-state index in [-0.39, 0.29) is 0 Å². The lowest BCUT2D eigenvalue weighted by Crippen LogP contribution is -2.06. The maximum Gasteiger partial charge on any atom is 0.168 e. The van der Waals surface area contributed by atoms with E-state index in [4.69, 9.17) is 12.2 Å². The van der Waals surface area contributed by atoms with Crippen LogP contribution in [0.1, 0.15) is 6.42 Å². The molecule has 4 nitrogen and oxygen atoms in total. The zero-order valence-corrected chi connectivity index (χ0v) is 6.62. The zero-order chi connectivity index (χ0) is 8.81. The predicted molar refractivity (Wildman–Crippen MR) is 48.4 cm³/mol. The first-order valence-electron chi connectivity index (χ1n) is 3.58. The van der Waals surface area contributed by atoms with Gasteiger partial charge in [-0.15, -0.1) is 12.3 Å². The number of nitrogens with zero attached hydrogens (tertiary/aromatic N) is 2. The van der Waals surface area contributed by atoms with Crippen LogP contribution in [-0.2, 0) is 0 Å². The smallest absolute Gasteiger partial charge is 0.168 e. The Labute approximate surface area is 71.2 Å². The van der Waals surface area contributed by atoms with Gasteiger partial charge in [-0.25, -0.2) is 9.97 Å². The van der Waals surface area contributed by atoms with E-state index in [9.17, 15) is 0 Å². The van der Waals surface area contributed by atoms with Gasteiger partial charge in [0.15, 0.2) is 11.6 Å². The van der Waals surface area contributed by atoms with Crippen molar-refractivity contribution in [2.45, 2.75) is 6.42 Å². The van der Waals surface area contributed by atoms with E-state index in [0.29, 0.717) is 24.6 Å². The molecule has 0 radical (unpaired) electrons. The molecule has 1 rings (SSSR count). The van der Waals surface area contributed by atoms with E-state index >= 15 is 0 Å². The van der Waals surface area contributed by atoms with Crippen LogP contribution >= 0.6 is 0 Å². The van der Waals surface area contributed by atoms with Gasteiger partial charge in [-0.3, -0.25) is 0 Å². The predicted octanol–water partition coefficient (Wildman–Crippen LogP) is 0.494. The molecule has 0 saturated heterocycles. The van der Waals surface area contributed by atoms with Crippen molar-refractivity contribution >= 4 is 11.6 Å². The van der Waals surface area contributed by atoms with Crippen molar-refractivity contribution in [2.75, 3.05) is 17.6 Å². The van der Waals surface area contributed by atoms with E-state index in [1.54, 1.807) is 12.4 Å². The Kier molecular flexibility index (Phi) is 2.91. The number of nitrogens with two attached hydrogens (primary N) is 1. The maximum absolute atomic E-state index is 5.52. The molecule has 1 aromatic heterocycles. The lowest BCUT2D eigenvalue weighted by molar-refractivity contribution is 1.06. The van der Waals surface area contributed by atoms with Crippen LogP contribution < -0.4 is 11.1 Å². The molecule has 0 aliphatic rings. The molecule has 0 aliphatic carbocycles. The van der Waals surface area contributed by atoms with E-state index in [2.05, 4.69) is 21.2 Å². The summed E-state index contributed by atoms with van der Waals surface area (Å²) in [7, 11) is 0. The number of aromatic nitrogens is 2. The summed E-state index contributed by atoms with van der Waals surface area (Å²) in [5.41, 5.74) is 5.52. The molecular formula is C8H10N4. The first-order valence-corrected chi connectivity index (χ1v) is 3.58. The number of hydrogen-bond donors (Lipinski definition) is 2. The number of hydrogen-bond acceptors (Lipinski definition) is 4. The number of terminal acetylenes is 1. The average molecular weight is 162 g/mol. The second-order valence-corrected chi connectivity index (χ2v) is 2.17. The molecule has 3 N–H and O–H groups in total. The van der Waals surface area contributed by atoms with Gasteiger partial charge in [-0.05, 0) is 0 Å². The van der Waals surface area contributed by atoms with Crippen LogP contribution in [0.3, 0.4) is 0 Å². The number of rotatable bonds is 3. The summed E-state index contributed by atoms with van der Waals surface area (Å²) < 4.78 is 0. The van der Waals surface area contributed by atoms with Crippen molar-refractivity contribution in [3.05, 3.63) is 12.4 Å². The fourth-order valence-electron chi connectivity index (χ4n) is 0.738. The van der Waals surface area contributed by atoms with Gasteiger partial charge in [0.05, 0.1) is 0 Å². The Balaban J connectivity index is 2.53. The normalized spacial score (nSPS) is 8.92. The third-order valence-electron chi connectivity index (χ3n) is 1.29. The van der Waals surface area contributed by atoms with Crippen molar-refractivity contribution < 1.29 is 0 Å². The molecule has 0 amide bonds. The van der Waals surface area contributed by atoms with Gasteiger partial charge in [0.2, 0.25) is 0 Å². The topological polar surface area (TPSA) is 63.8 Å². The van der Waals surface area contributed by atoms with Crippen molar-refractivity contribution in [1.29, 1.82) is 0 Å². The Morgan fingerprint density at radius 2 is 2.25 bits per heavy atom. The highest BCUT2D eigenvalue weighted by Gasteiger charge is 1.96. The average Bonchev–Trinajstić information content (AvgIpc) is 2.09. The lowest BCUT2D eigenvalue weighted by Gasteiger charge is -2.03. The molecule has 4 heteroatoms. The molecule has 1 heterocycles. The minimum absolute atomic E-state index is 0.398. The van der Waals surface area contributed by atoms with Crippen LogP contribution in [0.5, 0.6) is 0 Å². The molecule has 12 heavy (non-hydrogen) atoms. The van der Waals surface area contributed by atoms with Crippen molar-refractivity contribution in [3.8, 4) is 12.3 Å². The highest BCUT2D eigenvalue weighted by molar-refractivity contribution is 5.54. The number of anilines is 2. The lowest BCUT2D eigenvalue weighted by atomic mass is 10.4. The van der Waals surface area contributed by atoms with Gasteiger partial charge in [0.1, 0.15) is 0 Å². The molecular weight excluding hydrogens is 152 g/mol. The molecule has 0 bridgehead atoms. The van der Waals surface area contributed by atoms with Crippen LogP contribution in [0.25, 0.3) is 0 Å². The van der Waals surface area contributed by atoms with Crippen LogP contribution in [-0.4, -0.2) is 16.5 Å². The summed E-state index contributed by atoms with van der Waals surface area (Å²) in [5.74, 6) is 3.49. The summed E-state index contributed by atoms with van der Waals surface area (Å²) in [6, 6.07) is 0. The van der Waals surface area contributed by atoms with E-state index in [1.807, 2.05) is 0 Å². The second-order valence-electron chi connectivity index (χ2n) is 2.17. The third-order valence-corrected chi connectivity index (χ3v) is 1.29. The van der Waals surface area contributed by atoms with Gasteiger partial charge in [0.25, 0.3) is 0 Å². The second kappa shape index (κ2) is 4.19. The van der Waals surface area contributed by atoms with Crippen molar-refractivity contribution in [1.82, 2.24) is 9.97 Å². The van der Waals surface area contributed by atoms with Crippen LogP contribution in [0.4, 0.5) is 11.6 Å². The van der Waals surface area contributed by atoms with Crippen LogP contribution in [0.2, 0.25) is 0 Å². The van der Waals surface area contributed by atoms with Gasteiger partial charge in [-0.2, -0.15) is 0 Å². The number of nitrogens with one attached hydrogen (secondary N) is 1. The van der Waals surface area contributed by atoms with Gasteiger partial charge in [0, 0.05) is 25.4 Å². The van der Waals surface area contributed by atoms with Crippen LogP contribution in [0.15, 0.2) is 12.4 Å². The summed E-state index contributed by atoms with van der Waals surface area (Å²) in [6.07, 6.45) is 8.84. The van der Waals surface area contributed by atoms with E-state index in [1.165, 1.54) is 0 Å². The minimum Gasteiger partial charge on any atom is -0.381 e. The first-order chi connectivity index (χ1) is 5.84. The molecule has 0 unspecified atom stereocenters. The first kappa shape index (κ1) is 8.34. The highest BCUT2D eigenvalue weighted by atomic mass is 15.0. The molecule has 1 aromatic rings.